The number of aromatic nitrogens is 1. The van der Waals surface area contributed by atoms with Gasteiger partial charge in [-0.1, -0.05) is 6.92 Å². The number of nitrogens with zero attached hydrogens (tertiary/aromatic N) is 1. The van der Waals surface area contributed by atoms with Gasteiger partial charge >= 0.3 is 0 Å². The molecule has 4 heteroatoms. The van der Waals surface area contributed by atoms with E-state index in [0.29, 0.717) is 5.92 Å². The topological polar surface area (TPSA) is 48.1 Å². The Balaban J connectivity index is 2.48. The van der Waals surface area contributed by atoms with Gasteiger partial charge in [0.25, 0.3) is 0 Å². The average Bonchev–Trinajstić information content (AvgIpc) is 2.65. The highest BCUT2D eigenvalue weighted by atomic mass is 32.1. The van der Waals surface area contributed by atoms with Gasteiger partial charge in [0, 0.05) is 30.4 Å². The van der Waals surface area contributed by atoms with Crippen molar-refractivity contribution in [2.75, 3.05) is 13.2 Å². The molecule has 1 aromatic heterocycles. The molecule has 0 aliphatic heterocycles. The summed E-state index contributed by atoms with van der Waals surface area (Å²) < 4.78 is 5.30. The lowest BCUT2D eigenvalue weighted by Gasteiger charge is -2.11. The number of hydrogen-bond donors (Lipinski definition) is 1. The van der Waals surface area contributed by atoms with Crippen LogP contribution >= 0.6 is 11.3 Å². The molecular weight excluding hydrogens is 208 g/mol. The van der Waals surface area contributed by atoms with E-state index in [9.17, 15) is 0 Å². The Labute approximate surface area is 95.7 Å². The third-order valence-electron chi connectivity index (χ3n) is 2.49. The quantitative estimate of drug-likeness (QED) is 0.759. The molecule has 1 heterocycles. The van der Waals surface area contributed by atoms with E-state index in [-0.39, 0.29) is 6.04 Å². The first kappa shape index (κ1) is 12.6. The maximum absolute atomic E-state index is 5.84. The van der Waals surface area contributed by atoms with Gasteiger partial charge in [-0.15, -0.1) is 11.3 Å². The van der Waals surface area contributed by atoms with Crippen LogP contribution in [-0.4, -0.2) is 24.2 Å². The first-order valence-corrected chi connectivity index (χ1v) is 6.30. The minimum atomic E-state index is 0.159. The second kappa shape index (κ2) is 6.20. The molecule has 0 aliphatic carbocycles. The van der Waals surface area contributed by atoms with Crippen LogP contribution in [0, 0.1) is 0 Å². The van der Waals surface area contributed by atoms with Crippen LogP contribution in [0.1, 0.15) is 37.4 Å². The third-order valence-corrected chi connectivity index (χ3v) is 3.42. The highest BCUT2D eigenvalue weighted by molar-refractivity contribution is 7.09. The summed E-state index contributed by atoms with van der Waals surface area (Å²) in [4.78, 5) is 4.56. The van der Waals surface area contributed by atoms with Crippen LogP contribution in [-0.2, 0) is 11.2 Å². The van der Waals surface area contributed by atoms with E-state index in [2.05, 4.69) is 17.3 Å². The average molecular weight is 228 g/mol. The van der Waals surface area contributed by atoms with Crippen molar-refractivity contribution in [2.45, 2.75) is 39.2 Å². The van der Waals surface area contributed by atoms with Gasteiger partial charge in [-0.05, 0) is 13.8 Å². The van der Waals surface area contributed by atoms with Crippen molar-refractivity contribution in [3.8, 4) is 0 Å². The summed E-state index contributed by atoms with van der Waals surface area (Å²) >= 11 is 1.70. The zero-order valence-electron chi connectivity index (χ0n) is 9.69. The van der Waals surface area contributed by atoms with Gasteiger partial charge in [0.2, 0.25) is 0 Å². The van der Waals surface area contributed by atoms with E-state index in [0.717, 1.165) is 30.3 Å². The fourth-order valence-electron chi connectivity index (χ4n) is 1.22. The van der Waals surface area contributed by atoms with E-state index < -0.39 is 0 Å². The van der Waals surface area contributed by atoms with Gasteiger partial charge in [-0.25, -0.2) is 4.98 Å². The van der Waals surface area contributed by atoms with Crippen molar-refractivity contribution >= 4 is 11.3 Å². The van der Waals surface area contributed by atoms with Crippen LogP contribution in [0.5, 0.6) is 0 Å². The zero-order chi connectivity index (χ0) is 11.3. The van der Waals surface area contributed by atoms with E-state index in [1.165, 1.54) is 0 Å². The molecule has 0 amide bonds. The summed E-state index contributed by atoms with van der Waals surface area (Å²) in [5, 5.41) is 3.25. The van der Waals surface area contributed by atoms with Gasteiger partial charge in [0.15, 0.2) is 0 Å². The van der Waals surface area contributed by atoms with Crippen molar-refractivity contribution in [1.82, 2.24) is 4.98 Å². The van der Waals surface area contributed by atoms with Gasteiger partial charge in [-0.3, -0.25) is 0 Å². The molecule has 15 heavy (non-hydrogen) atoms. The van der Waals surface area contributed by atoms with Crippen molar-refractivity contribution in [3.05, 3.63) is 16.1 Å². The SMILES string of the molecule is CCOCCc1nc(C(C)C(C)N)cs1. The van der Waals surface area contributed by atoms with Crippen molar-refractivity contribution in [3.63, 3.8) is 0 Å². The molecule has 1 rings (SSSR count). The molecule has 2 atom stereocenters. The Kier molecular flexibility index (Phi) is 5.22. The van der Waals surface area contributed by atoms with Gasteiger partial charge in [0.1, 0.15) is 0 Å². The predicted molar refractivity (Wildman–Crippen MR) is 64.4 cm³/mol. The molecule has 2 N–H and O–H groups in total. The van der Waals surface area contributed by atoms with E-state index in [1.807, 2.05) is 13.8 Å². The maximum atomic E-state index is 5.84. The molecule has 1 aromatic rings. The molecule has 0 saturated heterocycles. The summed E-state index contributed by atoms with van der Waals surface area (Å²) in [6.07, 6.45) is 0.907. The zero-order valence-corrected chi connectivity index (χ0v) is 10.5. The molecular formula is C11H20N2OS. The summed E-state index contributed by atoms with van der Waals surface area (Å²) in [7, 11) is 0. The fraction of sp³-hybridized carbons (Fsp3) is 0.727. The van der Waals surface area contributed by atoms with Crippen molar-refractivity contribution < 1.29 is 4.74 Å². The van der Waals surface area contributed by atoms with Crippen LogP contribution < -0.4 is 5.73 Å². The van der Waals surface area contributed by atoms with E-state index in [1.54, 1.807) is 11.3 Å². The van der Waals surface area contributed by atoms with Crippen LogP contribution in [0.4, 0.5) is 0 Å². The fourth-order valence-corrected chi connectivity index (χ4v) is 2.11. The molecule has 0 bridgehead atoms. The molecule has 0 aromatic carbocycles. The monoisotopic (exact) mass is 228 g/mol. The molecule has 0 fully saturated rings. The molecule has 0 radical (unpaired) electrons. The smallest absolute Gasteiger partial charge is 0.0951 e. The summed E-state index contributed by atoms with van der Waals surface area (Å²) in [6, 6.07) is 0.159. The summed E-state index contributed by atoms with van der Waals surface area (Å²) in [6.45, 7) is 7.67. The predicted octanol–water partition coefficient (Wildman–Crippen LogP) is 2.17. The second-order valence-corrected chi connectivity index (χ2v) is 4.70. The second-order valence-electron chi connectivity index (χ2n) is 3.76. The van der Waals surface area contributed by atoms with Crippen LogP contribution in [0.2, 0.25) is 0 Å². The van der Waals surface area contributed by atoms with E-state index >= 15 is 0 Å². The van der Waals surface area contributed by atoms with Gasteiger partial charge in [-0.2, -0.15) is 0 Å². The number of rotatable bonds is 6. The van der Waals surface area contributed by atoms with Crippen molar-refractivity contribution in [2.24, 2.45) is 5.73 Å². The van der Waals surface area contributed by atoms with Crippen LogP contribution in [0.25, 0.3) is 0 Å². The van der Waals surface area contributed by atoms with Crippen molar-refractivity contribution in [1.29, 1.82) is 0 Å². The standard InChI is InChI=1S/C11H20N2OS/c1-4-14-6-5-11-13-10(7-15-11)8(2)9(3)12/h7-9H,4-6,12H2,1-3H3. The lowest BCUT2D eigenvalue weighted by molar-refractivity contribution is 0.151. The lowest BCUT2D eigenvalue weighted by Crippen LogP contribution is -2.22. The highest BCUT2D eigenvalue weighted by Gasteiger charge is 2.13. The molecule has 0 spiro atoms. The normalized spacial score (nSPS) is 15.2. The maximum Gasteiger partial charge on any atom is 0.0951 e. The lowest BCUT2D eigenvalue weighted by atomic mass is 10.0. The molecule has 0 saturated carbocycles. The van der Waals surface area contributed by atoms with Crippen LogP contribution in [0.3, 0.4) is 0 Å². The molecule has 2 unspecified atom stereocenters. The minimum absolute atomic E-state index is 0.159. The summed E-state index contributed by atoms with van der Waals surface area (Å²) in [5.74, 6) is 0.335. The first-order chi connectivity index (χ1) is 7.15. The molecule has 86 valence electrons. The summed E-state index contributed by atoms with van der Waals surface area (Å²) in [5.41, 5.74) is 6.95. The minimum Gasteiger partial charge on any atom is -0.381 e. The number of thiazole rings is 1. The molecule has 0 aliphatic rings. The highest BCUT2D eigenvalue weighted by Crippen LogP contribution is 2.20. The Morgan fingerprint density at radius 1 is 1.53 bits per heavy atom. The Morgan fingerprint density at radius 2 is 2.27 bits per heavy atom. The molecule has 3 nitrogen and oxygen atoms in total. The van der Waals surface area contributed by atoms with Gasteiger partial charge < -0.3 is 10.5 Å². The Hall–Kier alpha value is -0.450. The number of hydrogen-bond acceptors (Lipinski definition) is 4. The Morgan fingerprint density at radius 3 is 2.87 bits per heavy atom. The van der Waals surface area contributed by atoms with Gasteiger partial charge in [0.05, 0.1) is 17.3 Å². The van der Waals surface area contributed by atoms with E-state index in [4.69, 9.17) is 10.5 Å². The third kappa shape index (κ3) is 3.89. The van der Waals surface area contributed by atoms with Crippen LogP contribution in [0.15, 0.2) is 5.38 Å². The number of ether oxygens (including phenoxy) is 1. The first-order valence-electron chi connectivity index (χ1n) is 5.42. The Bertz CT molecular complexity index is 286. The largest absolute Gasteiger partial charge is 0.381 e. The number of nitrogens with two attached hydrogens (primary N) is 1.